The molecule has 0 unspecified atom stereocenters. The number of methoxy groups -OCH3 is 1. The molecule has 0 atom stereocenters. The molecule has 1 aliphatic heterocycles. The summed E-state index contributed by atoms with van der Waals surface area (Å²) in [7, 11) is 1.55. The maximum Gasteiger partial charge on any atom is 0.326 e. The Morgan fingerprint density at radius 2 is 2.28 bits per heavy atom. The lowest BCUT2D eigenvalue weighted by molar-refractivity contribution is 0.231. The van der Waals surface area contributed by atoms with Crippen molar-refractivity contribution >= 4 is 23.3 Å². The fraction of sp³-hybridized carbons (Fsp3) is 0.154. The van der Waals surface area contributed by atoms with Crippen LogP contribution >= 0.6 is 11.6 Å². The van der Waals surface area contributed by atoms with Gasteiger partial charge in [0.2, 0.25) is 0 Å². The smallest absolute Gasteiger partial charge is 0.326 e. The minimum Gasteiger partial charge on any atom is -0.495 e. The number of benzene rings is 1. The second-order valence-corrected chi connectivity index (χ2v) is 4.11. The van der Waals surface area contributed by atoms with Gasteiger partial charge in [-0.3, -0.25) is 4.90 Å². The van der Waals surface area contributed by atoms with Crippen LogP contribution in [0.15, 0.2) is 42.6 Å². The summed E-state index contributed by atoms with van der Waals surface area (Å²) in [5.41, 5.74) is 0.633. The van der Waals surface area contributed by atoms with Gasteiger partial charge in [0.15, 0.2) is 0 Å². The molecule has 4 nitrogen and oxygen atoms in total. The van der Waals surface area contributed by atoms with E-state index in [1.807, 2.05) is 18.2 Å². The van der Waals surface area contributed by atoms with Gasteiger partial charge in [-0.25, -0.2) is 4.79 Å². The molecule has 1 heterocycles. The summed E-state index contributed by atoms with van der Waals surface area (Å²) in [6, 6.07) is 4.91. The van der Waals surface area contributed by atoms with Crippen molar-refractivity contribution in [3.05, 3.63) is 47.6 Å². The number of allylic oxidation sites excluding steroid dienone is 2. The number of amides is 2. The van der Waals surface area contributed by atoms with Crippen LogP contribution in [0.25, 0.3) is 0 Å². The van der Waals surface area contributed by atoms with E-state index in [9.17, 15) is 4.79 Å². The maximum atomic E-state index is 11.9. The van der Waals surface area contributed by atoms with Crippen molar-refractivity contribution in [3.8, 4) is 5.75 Å². The number of ether oxygens (including phenoxy) is 1. The van der Waals surface area contributed by atoms with Gasteiger partial charge in [-0.2, -0.15) is 0 Å². The van der Waals surface area contributed by atoms with Crippen molar-refractivity contribution in [2.75, 3.05) is 19.0 Å². The van der Waals surface area contributed by atoms with Crippen LogP contribution in [0.3, 0.4) is 0 Å². The molecule has 0 aliphatic carbocycles. The normalized spacial score (nSPS) is 13.6. The van der Waals surface area contributed by atoms with Gasteiger partial charge in [0.05, 0.1) is 12.1 Å². The van der Waals surface area contributed by atoms with E-state index in [1.54, 1.807) is 36.4 Å². The van der Waals surface area contributed by atoms with Gasteiger partial charge in [0, 0.05) is 18.4 Å². The molecule has 0 bridgehead atoms. The molecule has 0 fully saturated rings. The molecule has 0 radical (unpaired) electrons. The fourth-order valence-corrected chi connectivity index (χ4v) is 1.82. The Balaban J connectivity index is 2.05. The lowest BCUT2D eigenvalue weighted by atomic mass is 10.3. The number of nitrogens with one attached hydrogen (secondary N) is 1. The van der Waals surface area contributed by atoms with Crippen molar-refractivity contribution in [2.45, 2.75) is 0 Å². The Kier molecular flexibility index (Phi) is 3.89. The molecule has 1 N–H and O–H groups in total. The van der Waals surface area contributed by atoms with Gasteiger partial charge in [-0.15, -0.1) is 0 Å². The highest BCUT2D eigenvalue weighted by molar-refractivity contribution is 6.32. The van der Waals surface area contributed by atoms with E-state index >= 15 is 0 Å². The standard InChI is InChI=1S/C13H13ClN2O2/c1-18-12-6-5-10(9-11(12)14)15-13(17)16-7-3-2-4-8-16/h2-7,9H,8H2,1H3,(H,15,17). The second-order valence-electron chi connectivity index (χ2n) is 3.70. The van der Waals surface area contributed by atoms with Gasteiger partial charge in [-0.05, 0) is 24.3 Å². The van der Waals surface area contributed by atoms with Crippen molar-refractivity contribution in [2.24, 2.45) is 0 Å². The molecule has 5 heteroatoms. The average Bonchev–Trinajstić information content (AvgIpc) is 2.40. The van der Waals surface area contributed by atoms with E-state index in [-0.39, 0.29) is 6.03 Å². The third-order valence-corrected chi connectivity index (χ3v) is 2.77. The Bertz CT molecular complexity index is 512. The number of carbonyl (C=O) groups excluding carboxylic acids is 1. The zero-order chi connectivity index (χ0) is 13.0. The molecule has 1 aliphatic rings. The summed E-state index contributed by atoms with van der Waals surface area (Å²) >= 11 is 5.98. The SMILES string of the molecule is COc1ccc(NC(=O)N2C=CC=CC2)cc1Cl. The summed E-state index contributed by atoms with van der Waals surface area (Å²) in [6.45, 7) is 0.562. The molecule has 18 heavy (non-hydrogen) atoms. The molecule has 1 aromatic carbocycles. The summed E-state index contributed by atoms with van der Waals surface area (Å²) in [4.78, 5) is 13.5. The van der Waals surface area contributed by atoms with Crippen LogP contribution in [0.4, 0.5) is 10.5 Å². The first-order valence-electron chi connectivity index (χ1n) is 5.45. The Hall–Kier alpha value is -1.94. The summed E-state index contributed by atoms with van der Waals surface area (Å²) in [5, 5.41) is 3.23. The van der Waals surface area contributed by atoms with Crippen molar-refractivity contribution < 1.29 is 9.53 Å². The van der Waals surface area contributed by atoms with Crippen molar-refractivity contribution in [1.82, 2.24) is 4.90 Å². The third-order valence-electron chi connectivity index (χ3n) is 2.48. The van der Waals surface area contributed by atoms with Gasteiger partial charge in [0.25, 0.3) is 0 Å². The van der Waals surface area contributed by atoms with Crippen molar-refractivity contribution in [1.29, 1.82) is 0 Å². The van der Waals surface area contributed by atoms with Crippen LogP contribution < -0.4 is 10.1 Å². The zero-order valence-electron chi connectivity index (χ0n) is 9.89. The molecule has 0 saturated carbocycles. The summed E-state index contributed by atoms with van der Waals surface area (Å²) in [5.74, 6) is 0.579. The molecule has 2 amide bonds. The molecular formula is C13H13ClN2O2. The van der Waals surface area contributed by atoms with Gasteiger partial charge in [-0.1, -0.05) is 23.8 Å². The zero-order valence-corrected chi connectivity index (χ0v) is 10.6. The molecule has 0 aromatic heterocycles. The van der Waals surface area contributed by atoms with Crippen LogP contribution in [0, 0.1) is 0 Å². The highest BCUT2D eigenvalue weighted by Gasteiger charge is 2.11. The molecular weight excluding hydrogens is 252 g/mol. The second kappa shape index (κ2) is 5.60. The van der Waals surface area contributed by atoms with E-state index < -0.39 is 0 Å². The number of rotatable bonds is 2. The molecule has 0 saturated heterocycles. The van der Waals surface area contributed by atoms with Crippen LogP contribution in [0.1, 0.15) is 0 Å². The van der Waals surface area contributed by atoms with Crippen LogP contribution in [0.2, 0.25) is 5.02 Å². The van der Waals surface area contributed by atoms with Crippen LogP contribution in [-0.4, -0.2) is 24.6 Å². The van der Waals surface area contributed by atoms with Crippen molar-refractivity contribution in [3.63, 3.8) is 0 Å². The largest absolute Gasteiger partial charge is 0.495 e. The topological polar surface area (TPSA) is 41.6 Å². The lowest BCUT2D eigenvalue weighted by Crippen LogP contribution is -2.31. The molecule has 94 valence electrons. The van der Waals surface area contributed by atoms with E-state index in [1.165, 1.54) is 0 Å². The minimum absolute atomic E-state index is 0.197. The predicted octanol–water partition coefficient (Wildman–Crippen LogP) is 3.27. The van der Waals surface area contributed by atoms with Crippen LogP contribution in [-0.2, 0) is 0 Å². The summed E-state index contributed by atoms with van der Waals surface area (Å²) in [6.07, 6.45) is 7.33. The monoisotopic (exact) mass is 264 g/mol. The Morgan fingerprint density at radius 1 is 1.44 bits per heavy atom. The number of nitrogens with zero attached hydrogens (tertiary/aromatic N) is 1. The average molecular weight is 265 g/mol. The number of hydrogen-bond acceptors (Lipinski definition) is 2. The maximum absolute atomic E-state index is 11.9. The fourth-order valence-electron chi connectivity index (χ4n) is 1.56. The summed E-state index contributed by atoms with van der Waals surface area (Å²) < 4.78 is 5.05. The lowest BCUT2D eigenvalue weighted by Gasteiger charge is -2.19. The van der Waals surface area contributed by atoms with E-state index in [2.05, 4.69) is 5.32 Å². The number of hydrogen-bond donors (Lipinski definition) is 1. The van der Waals surface area contributed by atoms with Gasteiger partial charge in [0.1, 0.15) is 5.75 Å². The van der Waals surface area contributed by atoms with Gasteiger partial charge >= 0.3 is 6.03 Å². The number of urea groups is 1. The first-order valence-corrected chi connectivity index (χ1v) is 5.83. The quantitative estimate of drug-likeness (QED) is 0.891. The molecule has 1 aromatic rings. The van der Waals surface area contributed by atoms with E-state index in [0.717, 1.165) is 0 Å². The first kappa shape index (κ1) is 12.5. The third kappa shape index (κ3) is 2.84. The van der Waals surface area contributed by atoms with Crippen LogP contribution in [0.5, 0.6) is 5.75 Å². The first-order chi connectivity index (χ1) is 8.70. The highest BCUT2D eigenvalue weighted by Crippen LogP contribution is 2.27. The molecule has 0 spiro atoms. The number of anilines is 1. The van der Waals surface area contributed by atoms with E-state index in [0.29, 0.717) is 23.0 Å². The Labute approximate surface area is 110 Å². The highest BCUT2D eigenvalue weighted by atomic mass is 35.5. The number of carbonyl (C=O) groups is 1. The minimum atomic E-state index is -0.197. The van der Waals surface area contributed by atoms with Gasteiger partial charge < -0.3 is 10.1 Å². The predicted molar refractivity (Wildman–Crippen MR) is 72.0 cm³/mol. The molecule has 2 rings (SSSR count). The Morgan fingerprint density at radius 3 is 2.89 bits per heavy atom. The van der Waals surface area contributed by atoms with E-state index in [4.69, 9.17) is 16.3 Å². The number of halogens is 1.